The summed E-state index contributed by atoms with van der Waals surface area (Å²) in [4.78, 5) is 19.0. The van der Waals surface area contributed by atoms with E-state index in [9.17, 15) is 4.79 Å². The van der Waals surface area contributed by atoms with Gasteiger partial charge in [0.2, 0.25) is 0 Å². The minimum absolute atomic E-state index is 0.0154. The minimum Gasteiger partial charge on any atom is -0.462 e. The zero-order valence-corrected chi connectivity index (χ0v) is 13.0. The highest BCUT2D eigenvalue weighted by Crippen LogP contribution is 2.50. The van der Waals surface area contributed by atoms with Crippen molar-refractivity contribution in [1.82, 2.24) is 5.06 Å². The Morgan fingerprint density at radius 3 is 2.39 bits per heavy atom. The highest BCUT2D eigenvalue weighted by Gasteiger charge is 2.59. The number of carbonyl (C=O) groups excluding carboxylic acids is 1. The summed E-state index contributed by atoms with van der Waals surface area (Å²) >= 11 is 0. The Morgan fingerprint density at radius 1 is 1.04 bits per heavy atom. The molecule has 4 nitrogen and oxygen atoms in total. The second-order valence-corrected chi connectivity index (χ2v) is 6.21. The fourth-order valence-corrected chi connectivity index (χ4v) is 3.58. The van der Waals surface area contributed by atoms with E-state index in [-0.39, 0.29) is 18.1 Å². The molecule has 0 N–H and O–H groups in total. The van der Waals surface area contributed by atoms with Gasteiger partial charge in [-0.25, -0.2) is 4.79 Å². The molecule has 2 aliphatic heterocycles. The molecule has 2 aromatic rings. The molecular weight excluding hydrogens is 290 g/mol. The lowest BCUT2D eigenvalue weighted by molar-refractivity contribution is -0.249. The minimum atomic E-state index is -0.862. The third-order valence-electron chi connectivity index (χ3n) is 4.71. The van der Waals surface area contributed by atoms with E-state index in [1.807, 2.05) is 72.7 Å². The molecule has 0 aliphatic carbocycles. The second kappa shape index (κ2) is 5.48. The van der Waals surface area contributed by atoms with Crippen LogP contribution in [0.3, 0.4) is 0 Å². The van der Waals surface area contributed by atoms with Gasteiger partial charge in [0.25, 0.3) is 0 Å². The molecule has 2 aliphatic rings. The van der Waals surface area contributed by atoms with Crippen molar-refractivity contribution in [2.24, 2.45) is 0 Å². The van der Waals surface area contributed by atoms with Crippen molar-refractivity contribution in [3.63, 3.8) is 0 Å². The van der Waals surface area contributed by atoms with Crippen molar-refractivity contribution in [2.75, 3.05) is 6.61 Å². The number of morpholine rings is 1. The van der Waals surface area contributed by atoms with Crippen LogP contribution in [0.15, 0.2) is 60.7 Å². The number of hydroxylamine groups is 2. The van der Waals surface area contributed by atoms with Crippen LogP contribution in [0.1, 0.15) is 30.6 Å². The molecule has 0 bridgehead atoms. The normalized spacial score (nSPS) is 30.7. The SMILES string of the molecule is C[C@H]1COC(=O)[C@]2(c3ccccc3)C[C@@H](c3ccccc3)ON12. The van der Waals surface area contributed by atoms with E-state index in [4.69, 9.17) is 9.57 Å². The first kappa shape index (κ1) is 14.4. The van der Waals surface area contributed by atoms with Crippen LogP contribution in [0.25, 0.3) is 0 Å². The Balaban J connectivity index is 1.80. The molecular formula is C19H19NO3. The lowest BCUT2D eigenvalue weighted by atomic mass is 9.82. The average molecular weight is 309 g/mol. The quantitative estimate of drug-likeness (QED) is 0.799. The molecule has 2 saturated heterocycles. The van der Waals surface area contributed by atoms with Crippen LogP contribution >= 0.6 is 0 Å². The largest absolute Gasteiger partial charge is 0.462 e. The molecule has 0 saturated carbocycles. The standard InChI is InChI=1S/C19H19NO3/c1-14-13-22-18(21)19(16-10-6-3-7-11-16)12-17(23-20(14)19)15-8-4-2-5-9-15/h2-11,14,17H,12-13H2,1H3/t14-,17-,19+/m0/s1. The van der Waals surface area contributed by atoms with Gasteiger partial charge in [-0.05, 0) is 18.1 Å². The fraction of sp³-hybridized carbons (Fsp3) is 0.316. The number of fused-ring (bicyclic) bond motifs is 1. The summed E-state index contributed by atoms with van der Waals surface area (Å²) in [5, 5.41) is 1.85. The summed E-state index contributed by atoms with van der Waals surface area (Å²) in [5.74, 6) is -0.222. The number of hydrogen-bond acceptors (Lipinski definition) is 4. The summed E-state index contributed by atoms with van der Waals surface area (Å²) < 4.78 is 5.49. The lowest BCUT2D eigenvalue weighted by Gasteiger charge is -2.41. The number of benzene rings is 2. The molecule has 2 fully saturated rings. The molecule has 0 aromatic heterocycles. The molecule has 2 aromatic carbocycles. The summed E-state index contributed by atoms with van der Waals surface area (Å²) in [6.07, 6.45) is 0.411. The molecule has 0 spiro atoms. The fourth-order valence-electron chi connectivity index (χ4n) is 3.58. The zero-order chi connectivity index (χ0) is 15.9. The van der Waals surface area contributed by atoms with Crippen LogP contribution < -0.4 is 0 Å². The Labute approximate surface area is 135 Å². The monoisotopic (exact) mass is 309 g/mol. The van der Waals surface area contributed by atoms with Gasteiger partial charge < -0.3 is 4.74 Å². The van der Waals surface area contributed by atoms with E-state index < -0.39 is 5.54 Å². The third kappa shape index (κ3) is 2.18. The molecule has 2 heterocycles. The van der Waals surface area contributed by atoms with E-state index in [0.717, 1.165) is 11.1 Å². The Morgan fingerprint density at radius 2 is 1.70 bits per heavy atom. The van der Waals surface area contributed by atoms with Crippen LogP contribution in [0.4, 0.5) is 0 Å². The Hall–Kier alpha value is -2.17. The smallest absolute Gasteiger partial charge is 0.333 e. The number of carbonyl (C=O) groups is 1. The summed E-state index contributed by atoms with van der Waals surface area (Å²) in [5.41, 5.74) is 1.14. The zero-order valence-electron chi connectivity index (χ0n) is 13.0. The first-order valence-electron chi connectivity index (χ1n) is 7.95. The van der Waals surface area contributed by atoms with Gasteiger partial charge in [-0.15, -0.1) is 0 Å². The Bertz CT molecular complexity index is 703. The molecule has 118 valence electrons. The van der Waals surface area contributed by atoms with Gasteiger partial charge in [0.1, 0.15) is 12.7 Å². The molecule has 3 atom stereocenters. The lowest BCUT2D eigenvalue weighted by Crippen LogP contribution is -2.57. The highest BCUT2D eigenvalue weighted by atomic mass is 16.7. The molecule has 0 unspecified atom stereocenters. The van der Waals surface area contributed by atoms with Crippen LogP contribution in [0.2, 0.25) is 0 Å². The number of rotatable bonds is 2. The molecule has 0 radical (unpaired) electrons. The van der Waals surface area contributed by atoms with Crippen LogP contribution in [0.5, 0.6) is 0 Å². The van der Waals surface area contributed by atoms with Crippen molar-refractivity contribution in [3.8, 4) is 0 Å². The van der Waals surface area contributed by atoms with E-state index in [1.165, 1.54) is 0 Å². The van der Waals surface area contributed by atoms with E-state index in [0.29, 0.717) is 13.0 Å². The van der Waals surface area contributed by atoms with Crippen molar-refractivity contribution in [3.05, 3.63) is 71.8 Å². The van der Waals surface area contributed by atoms with Crippen LogP contribution in [0, 0.1) is 0 Å². The predicted molar refractivity (Wildman–Crippen MR) is 85.3 cm³/mol. The molecule has 0 amide bonds. The van der Waals surface area contributed by atoms with Gasteiger partial charge in [-0.2, -0.15) is 5.06 Å². The van der Waals surface area contributed by atoms with Gasteiger partial charge in [0.15, 0.2) is 5.54 Å². The number of nitrogens with zero attached hydrogens (tertiary/aromatic N) is 1. The molecule has 4 rings (SSSR count). The number of esters is 1. The van der Waals surface area contributed by atoms with Gasteiger partial charge >= 0.3 is 5.97 Å². The second-order valence-electron chi connectivity index (χ2n) is 6.21. The number of ether oxygens (including phenoxy) is 1. The van der Waals surface area contributed by atoms with Crippen LogP contribution in [-0.2, 0) is 19.9 Å². The van der Waals surface area contributed by atoms with Gasteiger partial charge in [-0.3, -0.25) is 4.84 Å². The van der Waals surface area contributed by atoms with Crippen LogP contribution in [-0.4, -0.2) is 23.7 Å². The highest BCUT2D eigenvalue weighted by molar-refractivity contribution is 5.83. The number of cyclic esters (lactones) is 1. The summed E-state index contributed by atoms with van der Waals surface area (Å²) in [6, 6.07) is 19.9. The van der Waals surface area contributed by atoms with Crippen molar-refractivity contribution in [1.29, 1.82) is 0 Å². The van der Waals surface area contributed by atoms with Gasteiger partial charge in [0, 0.05) is 6.42 Å². The van der Waals surface area contributed by atoms with E-state index in [2.05, 4.69) is 0 Å². The topological polar surface area (TPSA) is 38.8 Å². The first-order chi connectivity index (χ1) is 11.2. The summed E-state index contributed by atoms with van der Waals surface area (Å²) in [6.45, 7) is 2.38. The molecule has 23 heavy (non-hydrogen) atoms. The van der Waals surface area contributed by atoms with Crippen molar-refractivity contribution < 1.29 is 14.4 Å². The van der Waals surface area contributed by atoms with Crippen molar-refractivity contribution in [2.45, 2.75) is 31.0 Å². The van der Waals surface area contributed by atoms with Gasteiger partial charge in [0.05, 0.1) is 6.04 Å². The van der Waals surface area contributed by atoms with E-state index in [1.54, 1.807) is 0 Å². The Kier molecular flexibility index (Phi) is 3.43. The first-order valence-corrected chi connectivity index (χ1v) is 7.95. The molecule has 4 heteroatoms. The summed E-state index contributed by atoms with van der Waals surface area (Å²) in [7, 11) is 0. The van der Waals surface area contributed by atoms with E-state index >= 15 is 0 Å². The predicted octanol–water partition coefficient (Wildman–Crippen LogP) is 3.21. The van der Waals surface area contributed by atoms with Crippen molar-refractivity contribution >= 4 is 5.97 Å². The third-order valence-corrected chi connectivity index (χ3v) is 4.71. The maximum absolute atomic E-state index is 12.8. The number of hydrogen-bond donors (Lipinski definition) is 0. The average Bonchev–Trinajstić information content (AvgIpc) is 3.03. The maximum atomic E-state index is 12.8. The maximum Gasteiger partial charge on any atom is 0.333 e. The van der Waals surface area contributed by atoms with Gasteiger partial charge in [-0.1, -0.05) is 60.7 Å².